The van der Waals surface area contributed by atoms with Crippen molar-refractivity contribution in [1.29, 1.82) is 0 Å². The van der Waals surface area contributed by atoms with Crippen molar-refractivity contribution in [3.05, 3.63) is 6.20 Å². The molecule has 2 aromatic rings. The number of aromatic amines is 1. The van der Waals surface area contributed by atoms with Crippen LogP contribution >= 0.6 is 0 Å². The molecular formula is C13H18N6O. The standard InChI is InChI=1S/C13H18N6O/c1-14-13-16-11-10(6-15-18-11)12(17-13)19-7-2-3-8(19)5-9(20)4-7/h6-9,20H,2-5H2,1H3,(H2,14,15,16,17,18). The molecule has 0 amide bonds. The van der Waals surface area contributed by atoms with Crippen LogP contribution < -0.4 is 10.2 Å². The first-order chi connectivity index (χ1) is 9.76. The summed E-state index contributed by atoms with van der Waals surface area (Å²) in [4.78, 5) is 11.4. The van der Waals surface area contributed by atoms with Crippen molar-refractivity contribution in [1.82, 2.24) is 20.2 Å². The van der Waals surface area contributed by atoms with Gasteiger partial charge in [0.15, 0.2) is 5.65 Å². The number of nitrogens with zero attached hydrogens (tertiary/aromatic N) is 4. The first-order valence-corrected chi connectivity index (χ1v) is 7.11. The third-order valence-corrected chi connectivity index (χ3v) is 4.47. The van der Waals surface area contributed by atoms with Crippen LogP contribution in [0.5, 0.6) is 0 Å². The van der Waals surface area contributed by atoms with E-state index in [4.69, 9.17) is 0 Å². The van der Waals surface area contributed by atoms with Crippen molar-refractivity contribution in [2.45, 2.75) is 43.9 Å². The quantitative estimate of drug-likeness (QED) is 0.753. The van der Waals surface area contributed by atoms with E-state index >= 15 is 0 Å². The molecular weight excluding hydrogens is 256 g/mol. The zero-order valence-electron chi connectivity index (χ0n) is 11.4. The van der Waals surface area contributed by atoms with Crippen LogP contribution in [0.3, 0.4) is 0 Å². The van der Waals surface area contributed by atoms with E-state index in [1.165, 1.54) is 0 Å². The predicted molar refractivity (Wildman–Crippen MR) is 75.8 cm³/mol. The van der Waals surface area contributed by atoms with Gasteiger partial charge in [0.2, 0.25) is 5.95 Å². The van der Waals surface area contributed by atoms with E-state index in [9.17, 15) is 5.11 Å². The molecule has 4 rings (SSSR count). The van der Waals surface area contributed by atoms with Crippen molar-refractivity contribution in [2.75, 3.05) is 17.3 Å². The molecule has 2 aliphatic heterocycles. The van der Waals surface area contributed by atoms with Crippen LogP contribution in [0.15, 0.2) is 6.20 Å². The zero-order valence-corrected chi connectivity index (χ0v) is 11.4. The van der Waals surface area contributed by atoms with Gasteiger partial charge in [0.25, 0.3) is 0 Å². The average molecular weight is 274 g/mol. The van der Waals surface area contributed by atoms with Gasteiger partial charge < -0.3 is 15.3 Å². The Hall–Kier alpha value is -1.89. The van der Waals surface area contributed by atoms with Crippen molar-refractivity contribution in [3.63, 3.8) is 0 Å². The first kappa shape index (κ1) is 11.9. The summed E-state index contributed by atoms with van der Waals surface area (Å²) < 4.78 is 0. The van der Waals surface area contributed by atoms with Crippen LogP contribution in [0, 0.1) is 0 Å². The van der Waals surface area contributed by atoms with Gasteiger partial charge in [0.05, 0.1) is 17.7 Å². The van der Waals surface area contributed by atoms with Gasteiger partial charge in [-0.25, -0.2) is 0 Å². The number of aliphatic hydroxyl groups is 1. The van der Waals surface area contributed by atoms with Crippen molar-refractivity contribution >= 4 is 22.8 Å². The van der Waals surface area contributed by atoms with Gasteiger partial charge in [-0.2, -0.15) is 15.1 Å². The van der Waals surface area contributed by atoms with Gasteiger partial charge in [-0.3, -0.25) is 5.10 Å². The Bertz CT molecular complexity index is 627. The monoisotopic (exact) mass is 274 g/mol. The molecule has 2 atom stereocenters. The Morgan fingerprint density at radius 2 is 2.05 bits per heavy atom. The molecule has 2 aromatic heterocycles. The molecule has 0 saturated carbocycles. The van der Waals surface area contributed by atoms with E-state index < -0.39 is 0 Å². The molecule has 3 N–H and O–H groups in total. The second-order valence-electron chi connectivity index (χ2n) is 5.67. The second kappa shape index (κ2) is 4.31. The van der Waals surface area contributed by atoms with E-state index in [1.807, 2.05) is 7.05 Å². The zero-order chi connectivity index (χ0) is 13.7. The average Bonchev–Trinajstić information content (AvgIpc) is 3.01. The fourth-order valence-corrected chi connectivity index (χ4v) is 3.62. The van der Waals surface area contributed by atoms with Crippen LogP contribution in [0.4, 0.5) is 11.8 Å². The summed E-state index contributed by atoms with van der Waals surface area (Å²) in [6.07, 6.45) is 5.52. The van der Waals surface area contributed by atoms with Gasteiger partial charge >= 0.3 is 0 Å². The highest BCUT2D eigenvalue weighted by Crippen LogP contribution is 2.40. The summed E-state index contributed by atoms with van der Waals surface area (Å²) in [5, 5.41) is 20.9. The van der Waals surface area contributed by atoms with Crippen LogP contribution in [-0.4, -0.2) is 50.5 Å². The van der Waals surface area contributed by atoms with Gasteiger partial charge in [0.1, 0.15) is 5.82 Å². The Morgan fingerprint density at radius 1 is 1.30 bits per heavy atom. The Labute approximate surface area is 116 Å². The number of aliphatic hydroxyl groups excluding tert-OH is 1. The summed E-state index contributed by atoms with van der Waals surface area (Å²) in [7, 11) is 1.82. The van der Waals surface area contributed by atoms with E-state index in [-0.39, 0.29) is 6.10 Å². The van der Waals surface area contributed by atoms with Gasteiger partial charge in [-0.1, -0.05) is 0 Å². The summed E-state index contributed by atoms with van der Waals surface area (Å²) in [5.41, 5.74) is 0.755. The van der Waals surface area contributed by atoms with Crippen molar-refractivity contribution in [2.24, 2.45) is 0 Å². The first-order valence-electron chi connectivity index (χ1n) is 7.11. The lowest BCUT2D eigenvalue weighted by molar-refractivity contribution is 0.126. The van der Waals surface area contributed by atoms with Crippen LogP contribution in [0.2, 0.25) is 0 Å². The number of rotatable bonds is 2. The lowest BCUT2D eigenvalue weighted by Gasteiger charge is -2.38. The van der Waals surface area contributed by atoms with Crippen molar-refractivity contribution in [3.8, 4) is 0 Å². The molecule has 2 unspecified atom stereocenters. The molecule has 2 saturated heterocycles. The molecule has 7 heteroatoms. The topological polar surface area (TPSA) is 90.0 Å². The van der Waals surface area contributed by atoms with Crippen LogP contribution in [0.25, 0.3) is 11.0 Å². The number of piperidine rings is 1. The minimum atomic E-state index is -0.172. The lowest BCUT2D eigenvalue weighted by atomic mass is 10.00. The molecule has 20 heavy (non-hydrogen) atoms. The lowest BCUT2D eigenvalue weighted by Crippen LogP contribution is -2.45. The molecule has 4 heterocycles. The van der Waals surface area contributed by atoms with Crippen molar-refractivity contribution < 1.29 is 5.11 Å². The predicted octanol–water partition coefficient (Wildman–Crippen LogP) is 0.887. The Kier molecular flexibility index (Phi) is 2.56. The number of aromatic nitrogens is 4. The number of nitrogens with one attached hydrogen (secondary N) is 2. The number of hydrogen-bond acceptors (Lipinski definition) is 6. The highest BCUT2D eigenvalue weighted by Gasteiger charge is 2.41. The molecule has 0 radical (unpaired) electrons. The maximum Gasteiger partial charge on any atom is 0.226 e. The van der Waals surface area contributed by atoms with E-state index in [0.29, 0.717) is 18.0 Å². The fourth-order valence-electron chi connectivity index (χ4n) is 3.62. The van der Waals surface area contributed by atoms with Gasteiger partial charge in [0, 0.05) is 19.1 Å². The number of fused-ring (bicyclic) bond motifs is 3. The SMILES string of the molecule is CNc1nc(N2C3CCC2CC(O)C3)c2cn[nH]c2n1. The minimum absolute atomic E-state index is 0.172. The van der Waals surface area contributed by atoms with Crippen LogP contribution in [0.1, 0.15) is 25.7 Å². The summed E-state index contributed by atoms with van der Waals surface area (Å²) in [6, 6.07) is 0.753. The molecule has 0 spiro atoms. The highest BCUT2D eigenvalue weighted by atomic mass is 16.3. The molecule has 106 valence electrons. The molecule has 2 fully saturated rings. The fraction of sp³-hybridized carbons (Fsp3) is 0.615. The minimum Gasteiger partial charge on any atom is -0.393 e. The summed E-state index contributed by atoms with van der Waals surface area (Å²) >= 11 is 0. The summed E-state index contributed by atoms with van der Waals surface area (Å²) in [6.45, 7) is 0. The second-order valence-corrected chi connectivity index (χ2v) is 5.67. The normalized spacial score (nSPS) is 29.1. The molecule has 7 nitrogen and oxygen atoms in total. The third kappa shape index (κ3) is 1.66. The number of H-pyrrole nitrogens is 1. The summed E-state index contributed by atoms with van der Waals surface area (Å²) in [5.74, 6) is 1.54. The Balaban J connectivity index is 1.83. The molecule has 0 aliphatic carbocycles. The third-order valence-electron chi connectivity index (χ3n) is 4.47. The maximum absolute atomic E-state index is 9.94. The molecule has 2 aliphatic rings. The largest absolute Gasteiger partial charge is 0.393 e. The highest BCUT2D eigenvalue weighted by molar-refractivity contribution is 5.88. The number of hydrogen-bond donors (Lipinski definition) is 3. The van der Waals surface area contributed by atoms with E-state index in [2.05, 4.69) is 30.4 Å². The maximum atomic E-state index is 9.94. The smallest absolute Gasteiger partial charge is 0.226 e. The van der Waals surface area contributed by atoms with Crippen LogP contribution in [-0.2, 0) is 0 Å². The van der Waals surface area contributed by atoms with Gasteiger partial charge in [-0.05, 0) is 25.7 Å². The molecule has 2 bridgehead atoms. The van der Waals surface area contributed by atoms with Gasteiger partial charge in [-0.15, -0.1) is 0 Å². The Morgan fingerprint density at radius 3 is 2.75 bits per heavy atom. The number of anilines is 2. The van der Waals surface area contributed by atoms with E-state index in [0.717, 1.165) is 42.5 Å². The van der Waals surface area contributed by atoms with E-state index in [1.54, 1.807) is 6.20 Å². The molecule has 0 aromatic carbocycles.